The molecule has 0 aromatic heterocycles. The van der Waals surface area contributed by atoms with Crippen LogP contribution >= 0.6 is 0 Å². The molecule has 0 spiro atoms. The Kier molecular flexibility index (Phi) is 11.9. The number of carbonyl (C=O) groups is 1. The summed E-state index contributed by atoms with van der Waals surface area (Å²) >= 11 is 0. The van der Waals surface area contributed by atoms with Crippen LogP contribution in [0.4, 0.5) is 0 Å². The molecule has 0 N–H and O–H groups in total. The molecule has 0 aliphatic heterocycles. The van der Waals surface area contributed by atoms with E-state index >= 15 is 0 Å². The second-order valence-corrected chi connectivity index (χ2v) is 8.43. The lowest BCUT2D eigenvalue weighted by Crippen LogP contribution is -2.10. The summed E-state index contributed by atoms with van der Waals surface area (Å²) in [5.41, 5.74) is 0. The van der Waals surface area contributed by atoms with Crippen molar-refractivity contribution in [1.29, 1.82) is 0 Å². The van der Waals surface area contributed by atoms with E-state index in [0.717, 1.165) is 36.5 Å². The maximum Gasteiger partial charge on any atom is 0.305 e. The van der Waals surface area contributed by atoms with E-state index in [0.29, 0.717) is 6.42 Å². The fourth-order valence-electron chi connectivity index (χ4n) is 4.27. The van der Waals surface area contributed by atoms with Gasteiger partial charge in [-0.2, -0.15) is 0 Å². The van der Waals surface area contributed by atoms with Gasteiger partial charge in [-0.05, 0) is 55.8 Å². The molecular formula is C23H42O2. The second kappa shape index (κ2) is 13.4. The van der Waals surface area contributed by atoms with E-state index in [1.165, 1.54) is 64.9 Å². The quantitative estimate of drug-likeness (QED) is 0.204. The highest BCUT2D eigenvalue weighted by Gasteiger charge is 2.26. The van der Waals surface area contributed by atoms with Crippen LogP contribution in [0, 0.1) is 23.7 Å². The highest BCUT2D eigenvalue weighted by Crippen LogP contribution is 2.38. The minimum Gasteiger partial charge on any atom is -0.469 e. The highest BCUT2D eigenvalue weighted by atomic mass is 16.5. The molecule has 0 radical (unpaired) electrons. The first kappa shape index (κ1) is 22.3. The minimum atomic E-state index is -0.0678. The summed E-state index contributed by atoms with van der Waals surface area (Å²) in [4.78, 5) is 11.2. The second-order valence-electron chi connectivity index (χ2n) is 8.43. The van der Waals surface area contributed by atoms with E-state index in [9.17, 15) is 4.79 Å². The van der Waals surface area contributed by atoms with Crippen LogP contribution in [-0.4, -0.2) is 13.1 Å². The molecule has 0 amide bonds. The van der Waals surface area contributed by atoms with Gasteiger partial charge in [-0.3, -0.25) is 4.79 Å². The van der Waals surface area contributed by atoms with E-state index in [1.807, 2.05) is 0 Å². The molecule has 1 aliphatic rings. The Morgan fingerprint density at radius 3 is 2.60 bits per heavy atom. The third kappa shape index (κ3) is 10.1. The van der Waals surface area contributed by atoms with E-state index in [4.69, 9.17) is 4.74 Å². The van der Waals surface area contributed by atoms with Gasteiger partial charge in [-0.1, -0.05) is 71.4 Å². The number of methoxy groups -OCH3 is 1. The Morgan fingerprint density at radius 1 is 1.12 bits per heavy atom. The average Bonchev–Trinajstić information content (AvgIpc) is 3.03. The van der Waals surface area contributed by atoms with Crippen LogP contribution in [-0.2, 0) is 9.53 Å². The topological polar surface area (TPSA) is 26.3 Å². The van der Waals surface area contributed by atoms with Gasteiger partial charge in [0, 0.05) is 6.42 Å². The molecule has 25 heavy (non-hydrogen) atoms. The van der Waals surface area contributed by atoms with Gasteiger partial charge in [-0.15, -0.1) is 0 Å². The van der Waals surface area contributed by atoms with Crippen molar-refractivity contribution in [1.82, 2.24) is 0 Å². The lowest BCUT2D eigenvalue weighted by molar-refractivity contribution is -0.140. The van der Waals surface area contributed by atoms with Crippen molar-refractivity contribution in [2.24, 2.45) is 23.7 Å². The number of hydrogen-bond acceptors (Lipinski definition) is 2. The molecule has 1 rings (SSSR count). The predicted molar refractivity (Wildman–Crippen MR) is 108 cm³/mol. The molecule has 0 aromatic rings. The monoisotopic (exact) mass is 350 g/mol. The summed E-state index contributed by atoms with van der Waals surface area (Å²) in [5, 5.41) is 0. The smallest absolute Gasteiger partial charge is 0.305 e. The van der Waals surface area contributed by atoms with E-state index in [2.05, 4.69) is 32.9 Å². The third-order valence-corrected chi connectivity index (χ3v) is 5.95. The summed E-state index contributed by atoms with van der Waals surface area (Å²) in [6.07, 6.45) is 19.8. The summed E-state index contributed by atoms with van der Waals surface area (Å²) < 4.78 is 4.71. The van der Waals surface area contributed by atoms with Crippen LogP contribution in [0.25, 0.3) is 0 Å². The SMILES string of the molecule is CCCCC(C)CC=C[C@H]1CCC[C@@H]1CC(C)CCCCC(=O)OC. The number of unbranched alkanes of at least 4 members (excludes halogenated alkanes) is 2. The van der Waals surface area contributed by atoms with Crippen molar-refractivity contribution >= 4 is 5.97 Å². The molecule has 4 atom stereocenters. The van der Waals surface area contributed by atoms with Gasteiger partial charge in [0.05, 0.1) is 7.11 Å². The Hall–Kier alpha value is -0.790. The summed E-state index contributed by atoms with van der Waals surface area (Å²) in [7, 11) is 1.48. The van der Waals surface area contributed by atoms with Gasteiger partial charge < -0.3 is 4.74 Å². The molecule has 0 heterocycles. The van der Waals surface area contributed by atoms with Crippen molar-refractivity contribution in [2.75, 3.05) is 7.11 Å². The first-order valence-corrected chi connectivity index (χ1v) is 10.8. The number of esters is 1. The normalized spacial score (nSPS) is 23.0. The van der Waals surface area contributed by atoms with Crippen LogP contribution in [0.15, 0.2) is 12.2 Å². The Balaban J connectivity index is 2.24. The fourth-order valence-corrected chi connectivity index (χ4v) is 4.27. The average molecular weight is 351 g/mol. The highest BCUT2D eigenvalue weighted by molar-refractivity contribution is 5.68. The first-order valence-electron chi connectivity index (χ1n) is 10.8. The molecule has 2 heteroatoms. The lowest BCUT2D eigenvalue weighted by atomic mass is 9.85. The Morgan fingerprint density at radius 2 is 1.88 bits per heavy atom. The number of carbonyl (C=O) groups excluding carboxylic acids is 1. The van der Waals surface area contributed by atoms with Crippen molar-refractivity contribution in [3.63, 3.8) is 0 Å². The Bertz CT molecular complexity index is 374. The third-order valence-electron chi connectivity index (χ3n) is 5.95. The summed E-state index contributed by atoms with van der Waals surface area (Å²) in [5.74, 6) is 3.25. The molecule has 0 bridgehead atoms. The Labute approximate surface area is 156 Å². The molecule has 146 valence electrons. The number of ether oxygens (including phenoxy) is 1. The largest absolute Gasteiger partial charge is 0.469 e. The van der Waals surface area contributed by atoms with Gasteiger partial charge in [0.1, 0.15) is 0 Å². The minimum absolute atomic E-state index is 0.0678. The first-order chi connectivity index (χ1) is 12.1. The molecule has 0 saturated heterocycles. The van der Waals surface area contributed by atoms with Crippen molar-refractivity contribution in [3.05, 3.63) is 12.2 Å². The van der Waals surface area contributed by atoms with Gasteiger partial charge >= 0.3 is 5.97 Å². The molecular weight excluding hydrogens is 308 g/mol. The maximum absolute atomic E-state index is 11.2. The summed E-state index contributed by atoms with van der Waals surface area (Å²) in [6.45, 7) is 7.06. The molecule has 2 unspecified atom stereocenters. The molecule has 2 nitrogen and oxygen atoms in total. The van der Waals surface area contributed by atoms with Crippen LogP contribution in [0.5, 0.6) is 0 Å². The van der Waals surface area contributed by atoms with E-state index in [-0.39, 0.29) is 5.97 Å². The standard InChI is InChI=1S/C23H42O2/c1-5-6-11-19(2)13-9-14-21-15-10-16-22(21)18-20(3)12-7-8-17-23(24)25-4/h9,14,19-22H,5-8,10-13,15-18H2,1-4H3/t19?,20?,21-,22+/m0/s1. The number of rotatable bonds is 13. The predicted octanol–water partition coefficient (Wildman–Crippen LogP) is 6.93. The fraction of sp³-hybridized carbons (Fsp3) is 0.870. The molecule has 1 saturated carbocycles. The van der Waals surface area contributed by atoms with E-state index < -0.39 is 0 Å². The van der Waals surface area contributed by atoms with Crippen LogP contribution in [0.2, 0.25) is 0 Å². The number of allylic oxidation sites excluding steroid dienone is 2. The number of hydrogen-bond donors (Lipinski definition) is 0. The van der Waals surface area contributed by atoms with Crippen molar-refractivity contribution in [2.45, 2.75) is 97.8 Å². The van der Waals surface area contributed by atoms with Gasteiger partial charge in [0.2, 0.25) is 0 Å². The molecule has 1 aliphatic carbocycles. The van der Waals surface area contributed by atoms with Gasteiger partial charge in [-0.25, -0.2) is 0 Å². The van der Waals surface area contributed by atoms with Crippen LogP contribution in [0.3, 0.4) is 0 Å². The van der Waals surface area contributed by atoms with E-state index in [1.54, 1.807) is 0 Å². The molecule has 0 aromatic carbocycles. The zero-order valence-electron chi connectivity index (χ0n) is 17.3. The maximum atomic E-state index is 11.2. The zero-order valence-corrected chi connectivity index (χ0v) is 17.3. The van der Waals surface area contributed by atoms with Crippen molar-refractivity contribution in [3.8, 4) is 0 Å². The van der Waals surface area contributed by atoms with Crippen LogP contribution in [0.1, 0.15) is 97.8 Å². The zero-order chi connectivity index (χ0) is 18.5. The van der Waals surface area contributed by atoms with Gasteiger partial charge in [0.25, 0.3) is 0 Å². The van der Waals surface area contributed by atoms with Crippen molar-refractivity contribution < 1.29 is 9.53 Å². The summed E-state index contributed by atoms with van der Waals surface area (Å²) in [6, 6.07) is 0. The van der Waals surface area contributed by atoms with Gasteiger partial charge in [0.15, 0.2) is 0 Å². The molecule has 1 fully saturated rings. The lowest BCUT2D eigenvalue weighted by Gasteiger charge is -2.21. The van der Waals surface area contributed by atoms with Crippen LogP contribution < -0.4 is 0 Å².